The lowest BCUT2D eigenvalue weighted by Gasteiger charge is -2.42. The summed E-state index contributed by atoms with van der Waals surface area (Å²) in [6.07, 6.45) is 0. The van der Waals surface area contributed by atoms with Gasteiger partial charge in [0.2, 0.25) is 0 Å². The second kappa shape index (κ2) is 10.1. The second-order valence-corrected chi connectivity index (χ2v) is 12.2. The molecule has 35 heavy (non-hydrogen) atoms. The van der Waals surface area contributed by atoms with E-state index in [-0.39, 0.29) is 54.2 Å². The number of carbonyl (C=O) groups excluding carboxylic acids is 2. The number of halogens is 1. The van der Waals surface area contributed by atoms with Crippen LogP contribution in [0.5, 0.6) is 0 Å². The van der Waals surface area contributed by atoms with Crippen molar-refractivity contribution in [2.24, 2.45) is 0 Å². The van der Waals surface area contributed by atoms with E-state index in [1.807, 2.05) is 12.1 Å². The van der Waals surface area contributed by atoms with Gasteiger partial charge in [0.25, 0.3) is 0 Å². The average Bonchev–Trinajstić information content (AvgIpc) is 3.26. The number of rotatable bonds is 5. The molecule has 2 N–H and O–H groups in total. The number of methoxy groups -OCH3 is 1. The highest BCUT2D eigenvalue weighted by Crippen LogP contribution is 2.41. The van der Waals surface area contributed by atoms with Crippen molar-refractivity contribution in [1.82, 2.24) is 9.88 Å². The Kier molecular flexibility index (Phi) is 7.32. The van der Waals surface area contributed by atoms with Crippen LogP contribution in [-0.2, 0) is 11.3 Å². The van der Waals surface area contributed by atoms with E-state index in [9.17, 15) is 23.1 Å². The standard InChI is InChI=1S/C24H28FN3O5S2/c1-15(2)22-26-20-7-6-18(13-21(20)34-22)28(24(30)27-8-10-35(31,32)11-9-27)14-17-5-4-16(12-19(17)25)23(29)33-3/h4-7,12-13,15,31-32H,8-11,14H2,1-3H3. The molecule has 8 nitrogen and oxygen atoms in total. The number of benzene rings is 2. The van der Waals surface area contributed by atoms with Gasteiger partial charge in [-0.2, -0.15) is 10.6 Å². The van der Waals surface area contributed by atoms with Crippen molar-refractivity contribution in [3.63, 3.8) is 0 Å². The molecule has 0 radical (unpaired) electrons. The molecule has 0 aliphatic carbocycles. The number of hydrogen-bond acceptors (Lipinski definition) is 7. The quantitative estimate of drug-likeness (QED) is 0.428. The van der Waals surface area contributed by atoms with Crippen LogP contribution in [-0.4, -0.2) is 62.7 Å². The van der Waals surface area contributed by atoms with E-state index in [4.69, 9.17) is 0 Å². The van der Waals surface area contributed by atoms with Gasteiger partial charge in [0.05, 0.1) is 45.9 Å². The lowest BCUT2D eigenvalue weighted by molar-refractivity contribution is 0.0600. The molecule has 2 amide bonds. The maximum absolute atomic E-state index is 14.9. The van der Waals surface area contributed by atoms with E-state index >= 15 is 0 Å². The molecule has 1 fully saturated rings. The molecule has 3 aromatic rings. The SMILES string of the molecule is COC(=O)c1ccc(CN(C(=O)N2CCS(O)(O)CC2)c2ccc3nc(C(C)C)sc3c2)c(F)c1. The monoisotopic (exact) mass is 521 g/mol. The Hall–Kier alpha value is -2.73. The van der Waals surface area contributed by atoms with Gasteiger partial charge in [0.15, 0.2) is 0 Å². The van der Waals surface area contributed by atoms with Crippen molar-refractivity contribution in [3.05, 3.63) is 58.3 Å². The number of thiazole rings is 1. The first-order valence-electron chi connectivity index (χ1n) is 11.2. The van der Waals surface area contributed by atoms with Crippen LogP contribution >= 0.6 is 21.9 Å². The van der Waals surface area contributed by atoms with Crippen LogP contribution < -0.4 is 4.90 Å². The lowest BCUT2D eigenvalue weighted by atomic mass is 10.1. The fourth-order valence-corrected chi connectivity index (χ4v) is 6.03. The first-order chi connectivity index (χ1) is 16.6. The van der Waals surface area contributed by atoms with Gasteiger partial charge in [-0.3, -0.25) is 14.0 Å². The fourth-order valence-electron chi connectivity index (χ4n) is 3.79. The zero-order valence-corrected chi connectivity index (χ0v) is 21.4. The van der Waals surface area contributed by atoms with Crippen LogP contribution in [0.4, 0.5) is 14.9 Å². The van der Waals surface area contributed by atoms with Gasteiger partial charge in [-0.25, -0.2) is 19.0 Å². The number of urea groups is 1. The number of anilines is 1. The number of ether oxygens (including phenoxy) is 1. The van der Waals surface area contributed by atoms with Crippen LogP contribution in [0.15, 0.2) is 36.4 Å². The van der Waals surface area contributed by atoms with Crippen LogP contribution in [0.1, 0.15) is 40.7 Å². The van der Waals surface area contributed by atoms with Crippen LogP contribution in [0.25, 0.3) is 10.2 Å². The number of esters is 1. The molecule has 188 valence electrons. The van der Waals surface area contributed by atoms with Crippen LogP contribution in [0, 0.1) is 5.82 Å². The Morgan fingerprint density at radius 2 is 1.91 bits per heavy atom. The highest BCUT2D eigenvalue weighted by Gasteiger charge is 2.30. The van der Waals surface area contributed by atoms with Crippen molar-refractivity contribution in [2.75, 3.05) is 36.6 Å². The van der Waals surface area contributed by atoms with Gasteiger partial charge in [0, 0.05) is 30.3 Å². The minimum atomic E-state index is -2.68. The molecule has 1 aliphatic rings. The van der Waals surface area contributed by atoms with E-state index in [1.54, 1.807) is 22.3 Å². The Balaban J connectivity index is 1.69. The largest absolute Gasteiger partial charge is 0.465 e. The second-order valence-electron chi connectivity index (χ2n) is 8.72. The Morgan fingerprint density at radius 3 is 2.54 bits per heavy atom. The molecule has 0 atom stereocenters. The van der Waals surface area contributed by atoms with E-state index in [2.05, 4.69) is 23.6 Å². The number of amides is 2. The summed E-state index contributed by atoms with van der Waals surface area (Å²) in [6.45, 7) is 4.45. The van der Waals surface area contributed by atoms with Crippen molar-refractivity contribution < 1.29 is 27.8 Å². The molecule has 1 aromatic heterocycles. The van der Waals surface area contributed by atoms with E-state index in [0.29, 0.717) is 5.69 Å². The average molecular weight is 522 g/mol. The molecule has 1 saturated heterocycles. The van der Waals surface area contributed by atoms with Crippen LogP contribution in [0.3, 0.4) is 0 Å². The predicted molar refractivity (Wildman–Crippen MR) is 137 cm³/mol. The summed E-state index contributed by atoms with van der Waals surface area (Å²) in [4.78, 5) is 33.0. The maximum atomic E-state index is 14.9. The van der Waals surface area contributed by atoms with Crippen molar-refractivity contribution in [3.8, 4) is 0 Å². The van der Waals surface area contributed by atoms with E-state index in [0.717, 1.165) is 21.3 Å². The van der Waals surface area contributed by atoms with Gasteiger partial charge in [-0.15, -0.1) is 11.3 Å². The predicted octanol–water partition coefficient (Wildman–Crippen LogP) is 5.54. The molecule has 0 saturated carbocycles. The number of hydrogen-bond donors (Lipinski definition) is 2. The van der Waals surface area contributed by atoms with E-state index in [1.165, 1.54) is 24.1 Å². The highest BCUT2D eigenvalue weighted by atomic mass is 32.3. The minimum absolute atomic E-state index is 0.0692. The van der Waals surface area contributed by atoms with Gasteiger partial charge >= 0.3 is 12.0 Å². The first kappa shape index (κ1) is 25.4. The summed E-state index contributed by atoms with van der Waals surface area (Å²) in [7, 11) is -1.45. The van der Waals surface area contributed by atoms with Gasteiger partial charge in [-0.1, -0.05) is 19.9 Å². The number of nitrogens with zero attached hydrogens (tertiary/aromatic N) is 3. The van der Waals surface area contributed by atoms with Crippen molar-refractivity contribution >= 4 is 49.8 Å². The van der Waals surface area contributed by atoms with Crippen molar-refractivity contribution in [2.45, 2.75) is 26.3 Å². The molecule has 0 spiro atoms. The van der Waals surface area contributed by atoms with Gasteiger partial charge in [-0.05, 0) is 30.3 Å². The smallest absolute Gasteiger partial charge is 0.337 e. The summed E-state index contributed by atoms with van der Waals surface area (Å²) in [5, 5.41) is 0.987. The lowest BCUT2D eigenvalue weighted by Crippen LogP contribution is -2.48. The van der Waals surface area contributed by atoms with E-state index < -0.39 is 22.4 Å². The molecule has 2 aromatic carbocycles. The maximum Gasteiger partial charge on any atom is 0.337 e. The number of fused-ring (bicyclic) bond motifs is 1. The highest BCUT2D eigenvalue weighted by molar-refractivity contribution is 8.24. The summed E-state index contributed by atoms with van der Waals surface area (Å²) in [6, 6.07) is 9.17. The molecule has 2 heterocycles. The first-order valence-corrected chi connectivity index (χ1v) is 13.9. The Morgan fingerprint density at radius 1 is 1.20 bits per heavy atom. The van der Waals surface area contributed by atoms with Crippen molar-refractivity contribution in [1.29, 1.82) is 0 Å². The normalized spacial score (nSPS) is 16.4. The Labute approximate surface area is 208 Å². The van der Waals surface area contributed by atoms with Crippen LogP contribution in [0.2, 0.25) is 0 Å². The summed E-state index contributed by atoms with van der Waals surface area (Å²) in [5.74, 6) is -0.781. The summed E-state index contributed by atoms with van der Waals surface area (Å²) in [5.41, 5.74) is 1.73. The molecule has 0 unspecified atom stereocenters. The molecule has 11 heteroatoms. The number of aromatic nitrogens is 1. The topological polar surface area (TPSA) is 103 Å². The molecule has 0 bridgehead atoms. The third-order valence-electron chi connectivity index (χ3n) is 5.87. The fraction of sp³-hybridized carbons (Fsp3) is 0.375. The minimum Gasteiger partial charge on any atom is -0.465 e. The molecule has 1 aliphatic heterocycles. The summed E-state index contributed by atoms with van der Waals surface area (Å²) < 4.78 is 40.4. The number of carbonyl (C=O) groups is 2. The molecular formula is C24H28FN3O5S2. The van der Waals surface area contributed by atoms with Gasteiger partial charge < -0.3 is 9.64 Å². The van der Waals surface area contributed by atoms with Gasteiger partial charge in [0.1, 0.15) is 5.82 Å². The molecular weight excluding hydrogens is 493 g/mol. The third kappa shape index (κ3) is 5.58. The molecule has 4 rings (SSSR count). The Bertz CT molecular complexity index is 1250. The zero-order valence-electron chi connectivity index (χ0n) is 19.7. The third-order valence-corrected chi connectivity index (χ3v) is 8.87. The zero-order chi connectivity index (χ0) is 25.3. The summed E-state index contributed by atoms with van der Waals surface area (Å²) >= 11 is 1.55.